The molecule has 0 aliphatic rings. The lowest BCUT2D eigenvalue weighted by molar-refractivity contribution is -0.387. The molecule has 0 atom stereocenters. The Labute approximate surface area is 174 Å². The van der Waals surface area contributed by atoms with Crippen LogP contribution in [0.5, 0.6) is 0 Å². The van der Waals surface area contributed by atoms with Crippen LogP contribution in [0, 0.1) is 10.1 Å². The summed E-state index contributed by atoms with van der Waals surface area (Å²) in [5, 5.41) is 14.7. The van der Waals surface area contributed by atoms with E-state index in [0.717, 1.165) is 21.3 Å². The number of hydrogen-bond acceptors (Lipinski definition) is 8. The molecule has 0 saturated heterocycles. The third kappa shape index (κ3) is 5.30. The summed E-state index contributed by atoms with van der Waals surface area (Å²) in [5.74, 6) is -1.24. The number of thiazole rings is 1. The molecular formula is C19H17N3O5S2. The molecule has 0 aliphatic carbocycles. The van der Waals surface area contributed by atoms with E-state index in [9.17, 15) is 19.7 Å². The van der Waals surface area contributed by atoms with Gasteiger partial charge in [-0.3, -0.25) is 14.9 Å². The molecule has 0 bridgehead atoms. The van der Waals surface area contributed by atoms with E-state index in [-0.39, 0.29) is 11.3 Å². The standard InChI is InChI=1S/C19H17N3O5S2/c1-28-16-7-6-12(10-14(16)22(25)26)19(24)27-11-17(23)20-9-8-18-21-13-4-2-3-5-15(13)29-18/h2-7,10H,8-9,11H2,1H3,(H,20,23). The van der Waals surface area contributed by atoms with Crippen LogP contribution in [0.25, 0.3) is 10.2 Å². The van der Waals surface area contributed by atoms with Crippen molar-refractivity contribution in [3.8, 4) is 0 Å². The van der Waals surface area contributed by atoms with Crippen molar-refractivity contribution in [1.82, 2.24) is 10.3 Å². The number of ether oxygens (including phenoxy) is 1. The number of para-hydroxylation sites is 1. The van der Waals surface area contributed by atoms with E-state index in [1.807, 2.05) is 24.3 Å². The Morgan fingerprint density at radius 2 is 2.07 bits per heavy atom. The summed E-state index contributed by atoms with van der Waals surface area (Å²) < 4.78 is 6.04. The number of benzene rings is 2. The molecule has 0 unspecified atom stereocenters. The molecule has 150 valence electrons. The van der Waals surface area contributed by atoms with E-state index >= 15 is 0 Å². The molecule has 0 radical (unpaired) electrons. The lowest BCUT2D eigenvalue weighted by atomic mass is 10.2. The number of nitro benzene ring substituents is 1. The summed E-state index contributed by atoms with van der Waals surface area (Å²) >= 11 is 2.78. The number of nitrogens with zero attached hydrogens (tertiary/aromatic N) is 2. The topological polar surface area (TPSA) is 111 Å². The quantitative estimate of drug-likeness (QED) is 0.252. The van der Waals surface area contributed by atoms with Crippen LogP contribution in [0.15, 0.2) is 47.4 Å². The first-order valence-corrected chi connectivity index (χ1v) is 10.6. The second-order valence-corrected chi connectivity index (χ2v) is 7.86. The summed E-state index contributed by atoms with van der Waals surface area (Å²) in [7, 11) is 0. The van der Waals surface area contributed by atoms with Crippen LogP contribution in [-0.2, 0) is 16.0 Å². The van der Waals surface area contributed by atoms with Crippen LogP contribution in [0.2, 0.25) is 0 Å². The van der Waals surface area contributed by atoms with E-state index in [2.05, 4.69) is 10.3 Å². The van der Waals surface area contributed by atoms with E-state index in [4.69, 9.17) is 4.74 Å². The van der Waals surface area contributed by atoms with Gasteiger partial charge in [0, 0.05) is 19.0 Å². The molecule has 1 N–H and O–H groups in total. The Bertz CT molecular complexity index is 1030. The summed E-state index contributed by atoms with van der Waals surface area (Å²) in [6, 6.07) is 11.9. The minimum absolute atomic E-state index is 0.0248. The fourth-order valence-corrected chi connectivity index (χ4v) is 4.07. The van der Waals surface area contributed by atoms with Gasteiger partial charge < -0.3 is 10.1 Å². The summed E-state index contributed by atoms with van der Waals surface area (Å²) in [6.45, 7) is -0.0964. The SMILES string of the molecule is CSc1ccc(C(=O)OCC(=O)NCCc2nc3ccccc3s2)cc1[N+](=O)[O-]. The van der Waals surface area contributed by atoms with Crippen molar-refractivity contribution in [2.45, 2.75) is 11.3 Å². The minimum Gasteiger partial charge on any atom is -0.452 e. The molecule has 10 heteroatoms. The molecule has 1 amide bonds. The highest BCUT2D eigenvalue weighted by Gasteiger charge is 2.18. The molecule has 1 heterocycles. The Morgan fingerprint density at radius 3 is 2.79 bits per heavy atom. The molecule has 0 saturated carbocycles. The number of carbonyl (C=O) groups is 2. The van der Waals surface area contributed by atoms with Crippen LogP contribution in [0.1, 0.15) is 15.4 Å². The molecule has 29 heavy (non-hydrogen) atoms. The maximum atomic E-state index is 12.1. The second kappa shape index (κ2) is 9.48. The van der Waals surface area contributed by atoms with Crippen molar-refractivity contribution in [2.24, 2.45) is 0 Å². The van der Waals surface area contributed by atoms with Crippen molar-refractivity contribution in [1.29, 1.82) is 0 Å². The van der Waals surface area contributed by atoms with Crippen molar-refractivity contribution >= 4 is 50.9 Å². The van der Waals surface area contributed by atoms with Crippen molar-refractivity contribution in [3.63, 3.8) is 0 Å². The van der Waals surface area contributed by atoms with Gasteiger partial charge >= 0.3 is 5.97 Å². The Hall–Kier alpha value is -2.98. The monoisotopic (exact) mass is 431 g/mol. The van der Waals surface area contributed by atoms with Crippen LogP contribution < -0.4 is 5.32 Å². The largest absolute Gasteiger partial charge is 0.452 e. The zero-order chi connectivity index (χ0) is 20.8. The van der Waals surface area contributed by atoms with Gasteiger partial charge in [0.15, 0.2) is 6.61 Å². The maximum Gasteiger partial charge on any atom is 0.338 e. The van der Waals surface area contributed by atoms with Gasteiger partial charge in [0.1, 0.15) is 0 Å². The number of nitro groups is 1. The van der Waals surface area contributed by atoms with E-state index < -0.39 is 23.4 Å². The van der Waals surface area contributed by atoms with Gasteiger partial charge in [-0.25, -0.2) is 9.78 Å². The van der Waals surface area contributed by atoms with Crippen LogP contribution in [0.3, 0.4) is 0 Å². The number of fused-ring (bicyclic) bond motifs is 1. The van der Waals surface area contributed by atoms with Crippen molar-refractivity contribution < 1.29 is 19.2 Å². The first-order valence-electron chi connectivity index (χ1n) is 8.58. The number of amides is 1. The number of aromatic nitrogens is 1. The number of rotatable bonds is 8. The fourth-order valence-electron chi connectivity index (χ4n) is 2.56. The van der Waals surface area contributed by atoms with Crippen molar-refractivity contribution in [2.75, 3.05) is 19.4 Å². The van der Waals surface area contributed by atoms with Gasteiger partial charge in [0.25, 0.3) is 11.6 Å². The Kier molecular flexibility index (Phi) is 6.78. The fraction of sp³-hybridized carbons (Fsp3) is 0.211. The maximum absolute atomic E-state index is 12.1. The molecular weight excluding hydrogens is 414 g/mol. The van der Waals surface area contributed by atoms with E-state index in [0.29, 0.717) is 17.9 Å². The lowest BCUT2D eigenvalue weighted by Gasteiger charge is -2.07. The lowest BCUT2D eigenvalue weighted by Crippen LogP contribution is -2.30. The number of carbonyl (C=O) groups excluding carboxylic acids is 2. The molecule has 8 nitrogen and oxygen atoms in total. The molecule has 1 aromatic heterocycles. The van der Waals surface area contributed by atoms with Gasteiger partial charge in [-0.05, 0) is 30.5 Å². The zero-order valence-corrected chi connectivity index (χ0v) is 17.0. The number of nitrogens with one attached hydrogen (secondary N) is 1. The second-order valence-electron chi connectivity index (χ2n) is 5.90. The number of esters is 1. The van der Waals surface area contributed by atoms with Crippen molar-refractivity contribution in [3.05, 3.63) is 63.1 Å². The zero-order valence-electron chi connectivity index (χ0n) is 15.4. The number of thioether (sulfide) groups is 1. The van der Waals surface area contributed by atoms with Crippen LogP contribution in [0.4, 0.5) is 5.69 Å². The first kappa shape index (κ1) is 20.7. The van der Waals surface area contributed by atoms with E-state index in [1.54, 1.807) is 17.6 Å². The molecule has 0 fully saturated rings. The predicted molar refractivity (Wildman–Crippen MR) is 111 cm³/mol. The molecule has 3 aromatic rings. The van der Waals surface area contributed by atoms with E-state index in [1.165, 1.54) is 23.9 Å². The van der Waals surface area contributed by atoms with Crippen LogP contribution in [-0.4, -0.2) is 41.2 Å². The highest BCUT2D eigenvalue weighted by molar-refractivity contribution is 7.98. The molecule has 3 rings (SSSR count). The average molecular weight is 431 g/mol. The van der Waals surface area contributed by atoms with Gasteiger partial charge in [0.2, 0.25) is 0 Å². The third-order valence-electron chi connectivity index (χ3n) is 3.94. The third-order valence-corrected chi connectivity index (χ3v) is 5.83. The molecule has 0 spiro atoms. The Balaban J connectivity index is 1.48. The smallest absolute Gasteiger partial charge is 0.338 e. The summed E-state index contributed by atoms with van der Waals surface area (Å²) in [6.07, 6.45) is 2.28. The summed E-state index contributed by atoms with van der Waals surface area (Å²) in [5.41, 5.74) is 0.776. The average Bonchev–Trinajstić information content (AvgIpc) is 3.14. The van der Waals surface area contributed by atoms with Gasteiger partial charge in [-0.1, -0.05) is 12.1 Å². The minimum atomic E-state index is -0.790. The first-order chi connectivity index (χ1) is 14.0. The number of hydrogen-bond donors (Lipinski definition) is 1. The Morgan fingerprint density at radius 1 is 1.28 bits per heavy atom. The predicted octanol–water partition coefficient (Wildman–Crippen LogP) is 3.44. The highest BCUT2D eigenvalue weighted by Crippen LogP contribution is 2.28. The normalized spacial score (nSPS) is 10.7. The highest BCUT2D eigenvalue weighted by atomic mass is 32.2. The van der Waals surface area contributed by atoms with Gasteiger partial charge in [-0.2, -0.15) is 0 Å². The van der Waals surface area contributed by atoms with Gasteiger partial charge in [-0.15, -0.1) is 23.1 Å². The van der Waals surface area contributed by atoms with Crippen LogP contribution >= 0.6 is 23.1 Å². The molecule has 2 aromatic carbocycles. The summed E-state index contributed by atoms with van der Waals surface area (Å²) in [4.78, 5) is 39.4. The molecule has 0 aliphatic heterocycles. The van der Waals surface area contributed by atoms with Gasteiger partial charge in [0.05, 0.1) is 30.6 Å².